The van der Waals surface area contributed by atoms with Gasteiger partial charge in [0.05, 0.1) is 0 Å². The number of likely N-dealkylation sites (tertiary alicyclic amines) is 1. The van der Waals surface area contributed by atoms with Crippen molar-refractivity contribution < 1.29 is 4.79 Å². The fourth-order valence-electron chi connectivity index (χ4n) is 1.21. The van der Waals surface area contributed by atoms with E-state index in [4.69, 9.17) is 0 Å². The van der Waals surface area contributed by atoms with E-state index in [9.17, 15) is 4.79 Å². The predicted molar refractivity (Wildman–Crippen MR) is 36.0 cm³/mol. The van der Waals surface area contributed by atoms with Crippen molar-refractivity contribution in [3.05, 3.63) is 0 Å². The van der Waals surface area contributed by atoms with Crippen molar-refractivity contribution in [1.82, 2.24) is 4.90 Å². The molecular weight excluding hydrogens is 114 g/mol. The molecule has 1 fully saturated rings. The van der Waals surface area contributed by atoms with Gasteiger partial charge in [0.25, 0.3) is 0 Å². The average Bonchev–Trinajstić information content (AvgIpc) is 1.81. The zero-order chi connectivity index (χ0) is 7.02. The molecule has 0 N–H and O–H groups in total. The molecule has 0 radical (unpaired) electrons. The highest BCUT2D eigenvalue weighted by molar-refractivity contribution is 5.74. The molecule has 0 bridgehead atoms. The number of carbonyl (C=O) groups is 1. The Kier molecular flexibility index (Phi) is 1.47. The van der Waals surface area contributed by atoms with Crippen molar-refractivity contribution in [3.8, 4) is 0 Å². The minimum absolute atomic E-state index is 0.209. The van der Waals surface area contributed by atoms with Gasteiger partial charge in [0.1, 0.15) is 0 Å². The van der Waals surface area contributed by atoms with E-state index < -0.39 is 0 Å². The number of rotatable bonds is 0. The van der Waals surface area contributed by atoms with E-state index in [0.29, 0.717) is 12.0 Å². The molecule has 2 unspecified atom stereocenters. The molecule has 1 rings (SSSR count). The first-order chi connectivity index (χ1) is 4.13. The van der Waals surface area contributed by atoms with Crippen molar-refractivity contribution in [3.63, 3.8) is 0 Å². The van der Waals surface area contributed by atoms with Crippen LogP contribution in [-0.4, -0.2) is 23.4 Å². The summed E-state index contributed by atoms with van der Waals surface area (Å²) in [7, 11) is 0. The Morgan fingerprint density at radius 3 is 2.22 bits per heavy atom. The third kappa shape index (κ3) is 0.934. The first kappa shape index (κ1) is 6.59. The van der Waals surface area contributed by atoms with E-state index in [1.165, 1.54) is 0 Å². The van der Waals surface area contributed by atoms with Crippen molar-refractivity contribution in [2.75, 3.05) is 6.54 Å². The summed E-state index contributed by atoms with van der Waals surface area (Å²) >= 11 is 0. The molecule has 2 nitrogen and oxygen atoms in total. The van der Waals surface area contributed by atoms with Crippen LogP contribution in [0, 0.1) is 5.92 Å². The van der Waals surface area contributed by atoms with E-state index in [-0.39, 0.29) is 5.91 Å². The smallest absolute Gasteiger partial charge is 0.219 e. The van der Waals surface area contributed by atoms with Crippen LogP contribution in [-0.2, 0) is 4.79 Å². The molecule has 2 atom stereocenters. The third-order valence-electron chi connectivity index (χ3n) is 2.20. The number of hydrogen-bond donors (Lipinski definition) is 0. The number of nitrogens with zero attached hydrogens (tertiary/aromatic N) is 1. The van der Waals surface area contributed by atoms with Gasteiger partial charge in [0, 0.05) is 19.5 Å². The van der Waals surface area contributed by atoms with Gasteiger partial charge in [0.2, 0.25) is 5.91 Å². The summed E-state index contributed by atoms with van der Waals surface area (Å²) in [5, 5.41) is 0. The van der Waals surface area contributed by atoms with Crippen LogP contribution in [0.3, 0.4) is 0 Å². The highest BCUT2D eigenvalue weighted by Crippen LogP contribution is 2.22. The third-order valence-corrected chi connectivity index (χ3v) is 2.20. The minimum Gasteiger partial charge on any atom is -0.340 e. The lowest BCUT2D eigenvalue weighted by molar-refractivity contribution is -0.139. The summed E-state index contributed by atoms with van der Waals surface area (Å²) in [4.78, 5) is 12.6. The molecule has 0 saturated carbocycles. The Morgan fingerprint density at radius 1 is 1.56 bits per heavy atom. The molecule has 0 aliphatic carbocycles. The largest absolute Gasteiger partial charge is 0.340 e. The van der Waals surface area contributed by atoms with Gasteiger partial charge in [-0.25, -0.2) is 0 Å². The molecule has 9 heavy (non-hydrogen) atoms. The second kappa shape index (κ2) is 2.01. The molecule has 1 heterocycles. The van der Waals surface area contributed by atoms with E-state index in [1.807, 2.05) is 4.90 Å². The Morgan fingerprint density at radius 2 is 2.11 bits per heavy atom. The van der Waals surface area contributed by atoms with E-state index in [2.05, 4.69) is 13.8 Å². The van der Waals surface area contributed by atoms with Crippen LogP contribution >= 0.6 is 0 Å². The highest BCUT2D eigenvalue weighted by Gasteiger charge is 2.32. The average molecular weight is 127 g/mol. The van der Waals surface area contributed by atoms with Gasteiger partial charge in [-0.15, -0.1) is 0 Å². The molecule has 52 valence electrons. The van der Waals surface area contributed by atoms with E-state index in [0.717, 1.165) is 6.54 Å². The fourth-order valence-corrected chi connectivity index (χ4v) is 1.21. The van der Waals surface area contributed by atoms with Gasteiger partial charge in [-0.3, -0.25) is 4.79 Å². The fraction of sp³-hybridized carbons (Fsp3) is 0.857. The molecule has 1 amide bonds. The summed E-state index contributed by atoms with van der Waals surface area (Å²) in [5.41, 5.74) is 0. The standard InChI is InChI=1S/C7H13NO/c1-5-4-8(6(5)2)7(3)9/h5-6H,4H2,1-3H3. The Bertz CT molecular complexity index is 133. The molecule has 0 aromatic heterocycles. The highest BCUT2D eigenvalue weighted by atomic mass is 16.2. The van der Waals surface area contributed by atoms with Crippen LogP contribution in [0.15, 0.2) is 0 Å². The van der Waals surface area contributed by atoms with Gasteiger partial charge in [-0.2, -0.15) is 0 Å². The van der Waals surface area contributed by atoms with Crippen LogP contribution < -0.4 is 0 Å². The summed E-state index contributed by atoms with van der Waals surface area (Å²) in [5.74, 6) is 0.912. The van der Waals surface area contributed by atoms with Gasteiger partial charge in [-0.1, -0.05) is 6.92 Å². The lowest BCUT2D eigenvalue weighted by Crippen LogP contribution is -2.55. The first-order valence-electron chi connectivity index (χ1n) is 3.40. The second-order valence-corrected chi connectivity index (χ2v) is 2.89. The van der Waals surface area contributed by atoms with E-state index >= 15 is 0 Å². The summed E-state index contributed by atoms with van der Waals surface area (Å²) in [6.07, 6.45) is 0. The normalized spacial score (nSPS) is 33.9. The minimum atomic E-state index is 0.209. The number of hydrogen-bond acceptors (Lipinski definition) is 1. The summed E-state index contributed by atoms with van der Waals surface area (Å²) in [6, 6.07) is 0.475. The van der Waals surface area contributed by atoms with Gasteiger partial charge >= 0.3 is 0 Å². The van der Waals surface area contributed by atoms with Crippen molar-refractivity contribution in [2.45, 2.75) is 26.8 Å². The zero-order valence-corrected chi connectivity index (χ0v) is 6.22. The van der Waals surface area contributed by atoms with Crippen molar-refractivity contribution in [2.24, 2.45) is 5.92 Å². The Labute approximate surface area is 55.8 Å². The lowest BCUT2D eigenvalue weighted by atomic mass is 9.92. The summed E-state index contributed by atoms with van der Waals surface area (Å²) < 4.78 is 0. The predicted octanol–water partition coefficient (Wildman–Crippen LogP) is 0.873. The van der Waals surface area contributed by atoms with Crippen LogP contribution in [0.4, 0.5) is 0 Å². The van der Waals surface area contributed by atoms with Gasteiger partial charge < -0.3 is 4.90 Å². The van der Waals surface area contributed by atoms with E-state index in [1.54, 1.807) is 6.92 Å². The van der Waals surface area contributed by atoms with Crippen LogP contribution in [0.5, 0.6) is 0 Å². The SMILES string of the molecule is CC(=O)N1CC(C)C1C. The molecule has 1 saturated heterocycles. The van der Waals surface area contributed by atoms with Crippen molar-refractivity contribution >= 4 is 5.91 Å². The maximum atomic E-state index is 10.7. The molecule has 1 aliphatic rings. The number of carbonyl (C=O) groups excluding carboxylic acids is 1. The van der Waals surface area contributed by atoms with Crippen LogP contribution in [0.2, 0.25) is 0 Å². The van der Waals surface area contributed by atoms with Crippen LogP contribution in [0.25, 0.3) is 0 Å². The molecule has 0 spiro atoms. The molecule has 1 aliphatic heterocycles. The first-order valence-corrected chi connectivity index (χ1v) is 3.40. The molecule has 2 heteroatoms. The zero-order valence-electron chi connectivity index (χ0n) is 6.22. The number of amides is 1. The van der Waals surface area contributed by atoms with Crippen LogP contribution in [0.1, 0.15) is 20.8 Å². The Hall–Kier alpha value is -0.530. The Balaban J connectivity index is 2.42. The summed E-state index contributed by atoms with van der Waals surface area (Å²) in [6.45, 7) is 6.85. The maximum absolute atomic E-state index is 10.7. The quantitative estimate of drug-likeness (QED) is 0.473. The molecular formula is C7H13NO. The maximum Gasteiger partial charge on any atom is 0.219 e. The topological polar surface area (TPSA) is 20.3 Å². The van der Waals surface area contributed by atoms with Gasteiger partial charge in [-0.05, 0) is 12.8 Å². The molecule has 0 aromatic rings. The monoisotopic (exact) mass is 127 g/mol. The lowest BCUT2D eigenvalue weighted by Gasteiger charge is -2.44. The van der Waals surface area contributed by atoms with Gasteiger partial charge in [0.15, 0.2) is 0 Å². The molecule has 0 aromatic carbocycles. The second-order valence-electron chi connectivity index (χ2n) is 2.89. The van der Waals surface area contributed by atoms with Crippen molar-refractivity contribution in [1.29, 1.82) is 0 Å².